The summed E-state index contributed by atoms with van der Waals surface area (Å²) in [6, 6.07) is 19.8. The molecular formula is C21H20N2O2. The van der Waals surface area contributed by atoms with Crippen molar-refractivity contribution in [2.45, 2.75) is 0 Å². The Kier molecular flexibility index (Phi) is 4.36. The zero-order valence-corrected chi connectivity index (χ0v) is 13.9. The fourth-order valence-corrected chi connectivity index (χ4v) is 3.09. The van der Waals surface area contributed by atoms with Gasteiger partial charge in [-0.3, -0.25) is 4.99 Å². The number of hydrogen-bond donors (Lipinski definition) is 1. The third kappa shape index (κ3) is 3.35. The van der Waals surface area contributed by atoms with Gasteiger partial charge < -0.3 is 14.7 Å². The number of aromatic hydroxyl groups is 1. The molecule has 4 rings (SSSR count). The molecule has 1 aliphatic heterocycles. The molecule has 1 fully saturated rings. The Morgan fingerprint density at radius 2 is 1.68 bits per heavy atom. The Bertz CT molecular complexity index is 897. The van der Waals surface area contributed by atoms with Gasteiger partial charge >= 0.3 is 0 Å². The zero-order chi connectivity index (χ0) is 17.1. The predicted octanol–water partition coefficient (Wildman–Crippen LogP) is 4.13. The lowest BCUT2D eigenvalue weighted by Crippen LogP contribution is -2.36. The first-order valence-corrected chi connectivity index (χ1v) is 8.49. The highest BCUT2D eigenvalue weighted by molar-refractivity contribution is 5.97. The van der Waals surface area contributed by atoms with Crippen LogP contribution >= 0.6 is 0 Å². The maximum atomic E-state index is 10.4. The number of morpholine rings is 1. The minimum absolute atomic E-state index is 0.270. The van der Waals surface area contributed by atoms with E-state index in [1.807, 2.05) is 48.5 Å². The molecule has 0 aliphatic carbocycles. The van der Waals surface area contributed by atoms with Crippen LogP contribution in [0.25, 0.3) is 10.8 Å². The number of ether oxygens (including phenoxy) is 1. The van der Waals surface area contributed by atoms with Crippen LogP contribution in [0.15, 0.2) is 65.7 Å². The molecule has 0 bridgehead atoms. The average molecular weight is 332 g/mol. The summed E-state index contributed by atoms with van der Waals surface area (Å²) < 4.78 is 5.39. The quantitative estimate of drug-likeness (QED) is 0.734. The van der Waals surface area contributed by atoms with E-state index in [-0.39, 0.29) is 5.75 Å². The molecular weight excluding hydrogens is 312 g/mol. The Hall–Kier alpha value is -2.85. The number of anilines is 1. The van der Waals surface area contributed by atoms with E-state index in [0.29, 0.717) is 0 Å². The summed E-state index contributed by atoms with van der Waals surface area (Å²) >= 11 is 0. The van der Waals surface area contributed by atoms with E-state index in [2.05, 4.69) is 22.0 Å². The standard InChI is InChI=1S/C21H20N2O2/c24-21-17(6-5-16-3-1-2-4-20(16)21)15-22-18-7-9-19(10-8-18)23-11-13-25-14-12-23/h1-10,15,24H,11-14H2. The molecule has 1 aliphatic rings. The van der Waals surface area contributed by atoms with Gasteiger partial charge in [0.15, 0.2) is 0 Å². The first-order valence-electron chi connectivity index (χ1n) is 8.49. The molecule has 25 heavy (non-hydrogen) atoms. The maximum absolute atomic E-state index is 10.4. The third-order valence-electron chi connectivity index (χ3n) is 4.51. The van der Waals surface area contributed by atoms with Gasteiger partial charge in [-0.05, 0) is 35.7 Å². The molecule has 1 heterocycles. The molecule has 126 valence electrons. The van der Waals surface area contributed by atoms with Crippen molar-refractivity contribution in [3.63, 3.8) is 0 Å². The molecule has 1 saturated heterocycles. The SMILES string of the molecule is Oc1c(C=Nc2ccc(N3CCOCC3)cc2)ccc2ccccc12. The van der Waals surface area contributed by atoms with Gasteiger partial charge in [0.05, 0.1) is 18.9 Å². The highest BCUT2D eigenvalue weighted by Crippen LogP contribution is 2.28. The normalized spacial score (nSPS) is 15.1. The van der Waals surface area contributed by atoms with Gasteiger partial charge in [-0.15, -0.1) is 0 Å². The molecule has 0 saturated carbocycles. The number of phenols is 1. The first kappa shape index (κ1) is 15.7. The topological polar surface area (TPSA) is 45.1 Å². The number of rotatable bonds is 3. The lowest BCUT2D eigenvalue weighted by Gasteiger charge is -2.28. The molecule has 0 aromatic heterocycles. The van der Waals surface area contributed by atoms with Crippen LogP contribution in [0.3, 0.4) is 0 Å². The molecule has 3 aromatic carbocycles. The lowest BCUT2D eigenvalue weighted by molar-refractivity contribution is 0.122. The van der Waals surface area contributed by atoms with Crippen molar-refractivity contribution in [3.8, 4) is 5.75 Å². The molecule has 4 nitrogen and oxygen atoms in total. The van der Waals surface area contributed by atoms with E-state index in [1.165, 1.54) is 5.69 Å². The summed E-state index contributed by atoms with van der Waals surface area (Å²) in [7, 11) is 0. The summed E-state index contributed by atoms with van der Waals surface area (Å²) in [5.41, 5.74) is 2.77. The number of aliphatic imine (C=N–C) groups is 1. The van der Waals surface area contributed by atoms with Crippen LogP contribution in [-0.4, -0.2) is 37.6 Å². The average Bonchev–Trinajstić information content (AvgIpc) is 2.69. The number of nitrogens with zero attached hydrogens (tertiary/aromatic N) is 2. The van der Waals surface area contributed by atoms with Crippen molar-refractivity contribution in [3.05, 3.63) is 66.2 Å². The predicted molar refractivity (Wildman–Crippen MR) is 102 cm³/mol. The Balaban J connectivity index is 1.54. The summed E-state index contributed by atoms with van der Waals surface area (Å²) in [4.78, 5) is 6.81. The molecule has 0 amide bonds. The minimum Gasteiger partial charge on any atom is -0.507 e. The maximum Gasteiger partial charge on any atom is 0.132 e. The van der Waals surface area contributed by atoms with E-state index in [1.54, 1.807) is 6.21 Å². The Morgan fingerprint density at radius 1 is 0.920 bits per heavy atom. The largest absolute Gasteiger partial charge is 0.507 e. The number of hydrogen-bond acceptors (Lipinski definition) is 4. The van der Waals surface area contributed by atoms with Gasteiger partial charge in [0.25, 0.3) is 0 Å². The number of phenolic OH excluding ortho intramolecular Hbond substituents is 1. The van der Waals surface area contributed by atoms with Gasteiger partial charge in [0.2, 0.25) is 0 Å². The van der Waals surface area contributed by atoms with E-state index in [9.17, 15) is 5.11 Å². The van der Waals surface area contributed by atoms with Crippen LogP contribution in [0.4, 0.5) is 11.4 Å². The summed E-state index contributed by atoms with van der Waals surface area (Å²) in [6.07, 6.45) is 1.71. The van der Waals surface area contributed by atoms with Crippen LogP contribution in [0.5, 0.6) is 5.75 Å². The lowest BCUT2D eigenvalue weighted by atomic mass is 10.1. The van der Waals surface area contributed by atoms with Crippen molar-refractivity contribution in [2.24, 2.45) is 4.99 Å². The van der Waals surface area contributed by atoms with E-state index in [4.69, 9.17) is 4.74 Å². The first-order chi connectivity index (χ1) is 12.3. The van der Waals surface area contributed by atoms with Crippen LogP contribution < -0.4 is 4.90 Å². The van der Waals surface area contributed by atoms with Crippen LogP contribution in [0.1, 0.15) is 5.56 Å². The van der Waals surface area contributed by atoms with E-state index >= 15 is 0 Å². The third-order valence-corrected chi connectivity index (χ3v) is 4.51. The molecule has 1 N–H and O–H groups in total. The number of benzene rings is 3. The van der Waals surface area contributed by atoms with E-state index < -0.39 is 0 Å². The van der Waals surface area contributed by atoms with Gasteiger partial charge in [-0.2, -0.15) is 0 Å². The molecule has 0 atom stereocenters. The smallest absolute Gasteiger partial charge is 0.132 e. The van der Waals surface area contributed by atoms with Gasteiger partial charge in [-0.25, -0.2) is 0 Å². The van der Waals surface area contributed by atoms with Crippen molar-refractivity contribution in [1.82, 2.24) is 0 Å². The van der Waals surface area contributed by atoms with Crippen molar-refractivity contribution in [2.75, 3.05) is 31.2 Å². The van der Waals surface area contributed by atoms with Crippen LogP contribution in [0.2, 0.25) is 0 Å². The summed E-state index contributed by atoms with van der Waals surface area (Å²) in [5, 5.41) is 12.3. The molecule has 0 spiro atoms. The fourth-order valence-electron chi connectivity index (χ4n) is 3.09. The fraction of sp³-hybridized carbons (Fsp3) is 0.190. The summed E-state index contributed by atoms with van der Waals surface area (Å²) in [5.74, 6) is 0.270. The minimum atomic E-state index is 0.270. The second-order valence-corrected chi connectivity index (χ2v) is 6.10. The zero-order valence-electron chi connectivity index (χ0n) is 13.9. The second-order valence-electron chi connectivity index (χ2n) is 6.10. The highest BCUT2D eigenvalue weighted by atomic mass is 16.5. The highest BCUT2D eigenvalue weighted by Gasteiger charge is 2.10. The molecule has 3 aromatic rings. The van der Waals surface area contributed by atoms with Crippen molar-refractivity contribution in [1.29, 1.82) is 0 Å². The monoisotopic (exact) mass is 332 g/mol. The second kappa shape index (κ2) is 6.95. The summed E-state index contributed by atoms with van der Waals surface area (Å²) in [6.45, 7) is 3.41. The van der Waals surface area contributed by atoms with Crippen LogP contribution in [0, 0.1) is 0 Å². The number of fused-ring (bicyclic) bond motifs is 1. The van der Waals surface area contributed by atoms with Crippen LogP contribution in [-0.2, 0) is 4.74 Å². The van der Waals surface area contributed by atoms with E-state index in [0.717, 1.165) is 48.3 Å². The van der Waals surface area contributed by atoms with Crippen molar-refractivity contribution < 1.29 is 9.84 Å². The van der Waals surface area contributed by atoms with Gasteiger partial charge in [0.1, 0.15) is 5.75 Å². The molecule has 0 unspecified atom stereocenters. The molecule has 0 radical (unpaired) electrons. The van der Waals surface area contributed by atoms with Crippen molar-refractivity contribution >= 4 is 28.4 Å². The molecule has 4 heteroatoms. The van der Waals surface area contributed by atoms with Gasteiger partial charge in [0, 0.05) is 35.9 Å². The Labute approximate surface area is 147 Å². The van der Waals surface area contributed by atoms with Gasteiger partial charge in [-0.1, -0.05) is 30.3 Å². The Morgan fingerprint density at radius 3 is 2.48 bits per heavy atom.